The van der Waals surface area contributed by atoms with Gasteiger partial charge in [-0.3, -0.25) is 15.0 Å². The van der Waals surface area contributed by atoms with Crippen LogP contribution in [0.3, 0.4) is 0 Å². The van der Waals surface area contributed by atoms with Gasteiger partial charge in [0.05, 0.1) is 33.6 Å². The number of rotatable bonds is 19. The molecule has 0 atom stereocenters. The average molecular weight is 1430 g/mol. The number of pyridine rings is 3. The molecule has 0 saturated heterocycles. The second-order valence-corrected chi connectivity index (χ2v) is 25.3. The number of aromatic nitrogens is 19. The fraction of sp³-hybridized carbons (Fsp3) is 0.0864. The number of nitrogens with zero attached hydrogens (tertiary/aromatic N) is 19. The van der Waals surface area contributed by atoms with Gasteiger partial charge in [-0.2, -0.15) is 33.2 Å². The van der Waals surface area contributed by atoms with Crippen molar-refractivity contribution >= 4 is 73.5 Å². The number of carbonyl (C=O) groups excluding carboxylic acids is 1. The molecule has 0 N–H and O–H groups in total. The SMILES string of the molecule is C=CC(=O)OC(C)(C)C#Cc1ccc2c(OCc3nnc4ccc(-c5ccccc5)nn34)ccnc2c1.C=Cc1nccn1Cc1ccc2c(OCc3nnc4ccc(-c5ccccc5)nn34)ccnc2c1.Fc1cc(Sc2ccc3c(OCc4nnc5ccc(-c6ccccc6)nn45)ccnc3c2)ncn1. The van der Waals surface area contributed by atoms with E-state index in [-0.39, 0.29) is 19.8 Å². The van der Waals surface area contributed by atoms with Crippen LogP contribution >= 0.6 is 11.8 Å². The Balaban J connectivity index is 0.000000128. The van der Waals surface area contributed by atoms with E-state index in [4.69, 9.17) is 34.2 Å². The average Bonchev–Trinajstić information content (AvgIpc) is 1.80. The normalized spacial score (nSPS) is 11.2. The summed E-state index contributed by atoms with van der Waals surface area (Å²) >= 11 is 1.33. The van der Waals surface area contributed by atoms with Crippen LogP contribution in [0, 0.1) is 17.8 Å². The van der Waals surface area contributed by atoms with Gasteiger partial charge in [-0.25, -0.2) is 19.7 Å². The van der Waals surface area contributed by atoms with Gasteiger partial charge in [0.2, 0.25) is 5.95 Å². The van der Waals surface area contributed by atoms with E-state index in [1.165, 1.54) is 24.2 Å². The second-order valence-electron chi connectivity index (χ2n) is 24.3. The van der Waals surface area contributed by atoms with Gasteiger partial charge in [0.1, 0.15) is 54.2 Å². The molecule has 17 aromatic rings. The van der Waals surface area contributed by atoms with Crippen molar-refractivity contribution in [2.45, 2.75) is 55.7 Å². The smallest absolute Gasteiger partial charge is 0.331 e. The van der Waals surface area contributed by atoms with Crippen LogP contribution in [-0.4, -0.2) is 105 Å². The zero-order valence-electron chi connectivity index (χ0n) is 57.3. The third-order valence-corrected chi connectivity index (χ3v) is 17.5. The largest absolute Gasteiger partial charge is 0.485 e. The van der Waals surface area contributed by atoms with Crippen LogP contribution in [0.15, 0.2) is 273 Å². The summed E-state index contributed by atoms with van der Waals surface area (Å²) in [4.78, 5) is 37.7. The lowest BCUT2D eigenvalue weighted by molar-refractivity contribution is -0.145. The van der Waals surface area contributed by atoms with Crippen LogP contribution in [0.1, 0.15) is 48.3 Å². The number of benzene rings is 6. The molecule has 0 radical (unpaired) electrons. The van der Waals surface area contributed by atoms with Crippen molar-refractivity contribution in [2.24, 2.45) is 0 Å². The minimum absolute atomic E-state index is 0.177. The van der Waals surface area contributed by atoms with Crippen molar-refractivity contribution in [3.8, 4) is 62.9 Å². The summed E-state index contributed by atoms with van der Waals surface area (Å²) in [5, 5.41) is 42.7. The highest BCUT2D eigenvalue weighted by Gasteiger charge is 2.20. The third-order valence-electron chi connectivity index (χ3n) is 16.5. The lowest BCUT2D eigenvalue weighted by atomic mass is 10.1. The maximum Gasteiger partial charge on any atom is 0.331 e. The maximum atomic E-state index is 13.4. The molecule has 0 aliphatic carbocycles. The van der Waals surface area contributed by atoms with Crippen LogP contribution < -0.4 is 14.2 Å². The molecule has 0 unspecified atom stereocenters. The van der Waals surface area contributed by atoms with Crippen LogP contribution in [0.2, 0.25) is 0 Å². The van der Waals surface area contributed by atoms with Gasteiger partial charge in [0.25, 0.3) is 0 Å². The molecule has 26 heteroatoms. The van der Waals surface area contributed by atoms with Crippen molar-refractivity contribution in [1.29, 1.82) is 0 Å². The molecule has 0 saturated carbocycles. The van der Waals surface area contributed by atoms with Crippen molar-refractivity contribution in [2.75, 3.05) is 0 Å². The zero-order valence-corrected chi connectivity index (χ0v) is 58.1. The summed E-state index contributed by atoms with van der Waals surface area (Å²) in [6, 6.07) is 65.7. The first-order chi connectivity index (χ1) is 52.4. The predicted octanol–water partition coefficient (Wildman–Crippen LogP) is 14.6. The Kier molecular flexibility index (Phi) is 19.9. The van der Waals surface area contributed by atoms with E-state index < -0.39 is 17.5 Å². The van der Waals surface area contributed by atoms with Crippen molar-refractivity contribution in [3.63, 3.8) is 0 Å². The Morgan fingerprint density at radius 1 is 0.505 bits per heavy atom. The monoisotopic (exact) mass is 1430 g/mol. The van der Waals surface area contributed by atoms with Gasteiger partial charge in [-0.1, -0.05) is 134 Å². The second kappa shape index (κ2) is 31.1. The third kappa shape index (κ3) is 16.0. The Morgan fingerprint density at radius 3 is 1.47 bits per heavy atom. The molecule has 11 aromatic heterocycles. The highest BCUT2D eigenvalue weighted by atomic mass is 32.2. The van der Waals surface area contributed by atoms with Gasteiger partial charge in [0.15, 0.2) is 40.0 Å². The molecule has 0 aliphatic heterocycles. The fourth-order valence-corrected chi connectivity index (χ4v) is 12.2. The van der Waals surface area contributed by atoms with E-state index in [9.17, 15) is 9.18 Å². The zero-order chi connectivity index (χ0) is 73.1. The summed E-state index contributed by atoms with van der Waals surface area (Å²) < 4.78 is 44.2. The number of ether oxygens (including phenoxy) is 4. The Labute approximate surface area is 614 Å². The van der Waals surface area contributed by atoms with Crippen molar-refractivity contribution in [1.82, 2.24) is 93.9 Å². The van der Waals surface area contributed by atoms with E-state index >= 15 is 0 Å². The van der Waals surface area contributed by atoms with E-state index in [1.54, 1.807) is 70.4 Å². The minimum Gasteiger partial charge on any atom is -0.485 e. The molecule has 107 heavy (non-hydrogen) atoms. The summed E-state index contributed by atoms with van der Waals surface area (Å²) in [5.41, 5.74) is 10.7. The predicted molar refractivity (Wildman–Crippen MR) is 402 cm³/mol. The van der Waals surface area contributed by atoms with E-state index in [1.807, 2.05) is 187 Å². The topological polar surface area (TPSA) is 265 Å². The number of hydrogen-bond donors (Lipinski definition) is 0. The quantitative estimate of drug-likeness (QED) is 0.0315. The van der Waals surface area contributed by atoms with E-state index in [0.717, 1.165) is 100 Å². The molecule has 17 rings (SSSR count). The van der Waals surface area contributed by atoms with Crippen molar-refractivity contribution < 1.29 is 28.1 Å². The molecule has 0 amide bonds. The van der Waals surface area contributed by atoms with Crippen LogP contribution in [0.25, 0.3) is 89.5 Å². The number of fused-ring (bicyclic) bond motifs is 6. The number of imidazole rings is 1. The maximum absolute atomic E-state index is 13.4. The first-order valence-electron chi connectivity index (χ1n) is 33.4. The molecule has 6 aromatic carbocycles. The molecule has 0 bridgehead atoms. The lowest BCUT2D eigenvalue weighted by Gasteiger charge is -2.17. The Hall–Kier alpha value is -14.3. The number of esters is 1. The Bertz CT molecular complexity index is 6190. The van der Waals surface area contributed by atoms with Crippen LogP contribution in [0.5, 0.6) is 17.2 Å². The van der Waals surface area contributed by atoms with Gasteiger partial charge < -0.3 is 23.5 Å². The van der Waals surface area contributed by atoms with Crippen LogP contribution in [0.4, 0.5) is 4.39 Å². The molecule has 0 aliphatic rings. The minimum atomic E-state index is -0.950. The highest BCUT2D eigenvalue weighted by Crippen LogP contribution is 2.33. The molecule has 522 valence electrons. The van der Waals surface area contributed by atoms with Gasteiger partial charge in [-0.05, 0) is 129 Å². The van der Waals surface area contributed by atoms with E-state index in [2.05, 4.69) is 97.6 Å². The molecule has 0 spiro atoms. The Morgan fingerprint density at radius 2 is 0.981 bits per heavy atom. The van der Waals surface area contributed by atoms with Crippen LogP contribution in [-0.2, 0) is 35.9 Å². The highest BCUT2D eigenvalue weighted by molar-refractivity contribution is 7.99. The first-order valence-corrected chi connectivity index (χ1v) is 34.3. The lowest BCUT2D eigenvalue weighted by Crippen LogP contribution is -2.25. The summed E-state index contributed by atoms with van der Waals surface area (Å²) in [7, 11) is 0. The summed E-state index contributed by atoms with van der Waals surface area (Å²) in [6.07, 6.45) is 12.9. The number of hydrogen-bond acceptors (Lipinski definition) is 21. The van der Waals surface area contributed by atoms with Gasteiger partial charge in [-0.15, -0.1) is 30.6 Å². The first kappa shape index (κ1) is 68.4. The molecule has 11 heterocycles. The molecule has 0 fully saturated rings. The summed E-state index contributed by atoms with van der Waals surface area (Å²) in [6.45, 7) is 11.9. The van der Waals surface area contributed by atoms with Crippen molar-refractivity contribution in [3.05, 3.63) is 303 Å². The molecule has 24 nitrogen and oxygen atoms in total. The molecular weight excluding hydrogens is 1370 g/mol. The number of halogens is 1. The fourth-order valence-electron chi connectivity index (χ4n) is 11.4. The van der Waals surface area contributed by atoms with E-state index in [0.29, 0.717) is 57.5 Å². The molecular formula is C81H60FN19O5S. The van der Waals surface area contributed by atoms with Gasteiger partial charge >= 0.3 is 5.97 Å². The number of carbonyl (C=O) groups is 1. The summed E-state index contributed by atoms with van der Waals surface area (Å²) in [5.74, 6) is 9.60. The van der Waals surface area contributed by atoms with Gasteiger partial charge in [0, 0.05) is 93.0 Å². The standard InChI is InChI=1S/C29H23N5O3.C27H21N7O.C25H16FN7OS/c1-4-28(35)37-29(2,3)16-14-20-10-11-22-24(18-20)30-17-15-25(22)36-19-27-32-31-26-13-12-23(33-34(26)27)21-8-6-5-7-9-21;1-2-25-29-14-15-33(25)17-19-8-9-21-23(16-19)28-13-12-24(21)35-18-27-31-30-26-11-10-22(32-34(26)27)20-6-4-3-5-7-20;26-22-13-25(29-15-28-22)35-17-6-7-18-20(12-17)27-11-10-21(18)34-14-24-31-30-23-9-8-19(32-33(23)24)16-4-2-1-3-5-16/h4-13,15,17-18H,1,19H2,2-3H3;2-16H,1,17-18H2;1-13,15H,14H2.